The Kier molecular flexibility index (Phi) is 9.99. The number of rotatable bonds is 13. The van der Waals surface area contributed by atoms with Gasteiger partial charge in [-0.3, -0.25) is 19.2 Å². The van der Waals surface area contributed by atoms with Crippen LogP contribution in [0.25, 0.3) is 10.9 Å². The highest BCUT2D eigenvalue weighted by molar-refractivity contribution is 5.95. The highest BCUT2D eigenvalue weighted by atomic mass is 16.4. The van der Waals surface area contributed by atoms with E-state index >= 15 is 0 Å². The van der Waals surface area contributed by atoms with Crippen molar-refractivity contribution in [3.8, 4) is 5.75 Å². The fraction of sp³-hybridized carbons (Fsp3) is 0.367. The lowest BCUT2D eigenvalue weighted by Gasteiger charge is -2.28. The fourth-order valence-electron chi connectivity index (χ4n) is 5.31. The minimum Gasteiger partial charge on any atom is -0.508 e. The SMILES string of the molecule is NC(=O)CCC(NC(=O)C1CCCN1C(=O)C(N)Cc1ccc(O)cc1)C(=O)NC(Cc1c[nH]c2ccccc12)C(=O)O. The van der Waals surface area contributed by atoms with Crippen LogP contribution in [-0.4, -0.2) is 80.4 Å². The molecule has 0 radical (unpaired) electrons. The molecular weight excluding hydrogens is 556 g/mol. The molecule has 1 fully saturated rings. The minimum absolute atomic E-state index is 0.0224. The van der Waals surface area contributed by atoms with Crippen molar-refractivity contribution in [1.29, 1.82) is 0 Å². The van der Waals surface area contributed by atoms with Gasteiger partial charge in [-0.25, -0.2) is 4.79 Å². The summed E-state index contributed by atoms with van der Waals surface area (Å²) >= 11 is 0. The molecule has 2 heterocycles. The molecule has 0 aliphatic carbocycles. The Hall–Kier alpha value is -4.91. The van der Waals surface area contributed by atoms with E-state index in [1.54, 1.807) is 18.3 Å². The maximum Gasteiger partial charge on any atom is 0.326 e. The van der Waals surface area contributed by atoms with Crippen LogP contribution in [-0.2, 0) is 36.8 Å². The first-order valence-electron chi connectivity index (χ1n) is 14.0. The first kappa shape index (κ1) is 31.0. The van der Waals surface area contributed by atoms with Crippen LogP contribution in [0.3, 0.4) is 0 Å². The van der Waals surface area contributed by atoms with Gasteiger partial charge in [0.25, 0.3) is 0 Å². The van der Waals surface area contributed by atoms with Gasteiger partial charge in [-0.2, -0.15) is 0 Å². The number of para-hydroxylation sites is 1. The number of carboxylic acids is 1. The van der Waals surface area contributed by atoms with Gasteiger partial charge in [0.15, 0.2) is 0 Å². The summed E-state index contributed by atoms with van der Waals surface area (Å²) in [5.41, 5.74) is 13.7. The number of aromatic hydroxyl groups is 1. The molecule has 43 heavy (non-hydrogen) atoms. The number of nitrogens with two attached hydrogens (primary N) is 2. The molecule has 1 aliphatic heterocycles. The smallest absolute Gasteiger partial charge is 0.326 e. The largest absolute Gasteiger partial charge is 0.508 e. The first-order valence-corrected chi connectivity index (χ1v) is 14.0. The number of likely N-dealkylation sites (tertiary alicyclic amines) is 1. The second-order valence-electron chi connectivity index (χ2n) is 10.7. The van der Waals surface area contributed by atoms with E-state index in [1.165, 1.54) is 17.0 Å². The van der Waals surface area contributed by atoms with Crippen LogP contribution >= 0.6 is 0 Å². The lowest BCUT2D eigenvalue weighted by Crippen LogP contribution is -2.57. The van der Waals surface area contributed by atoms with Gasteiger partial charge in [-0.1, -0.05) is 30.3 Å². The number of aromatic amines is 1. The molecule has 0 bridgehead atoms. The first-order chi connectivity index (χ1) is 20.5. The standard InChI is InChI=1S/C30H36N6O7/c31-21(14-17-7-9-19(37)10-8-17)29(41)36-13-3-6-25(36)28(40)34-23(11-12-26(32)38)27(39)35-24(30(42)43)15-18-16-33-22-5-2-1-4-20(18)22/h1-2,4-5,7-10,16,21,23-25,33,37H,3,6,11-15,31H2,(H2,32,38)(H,34,40)(H,35,39)(H,42,43). The summed E-state index contributed by atoms with van der Waals surface area (Å²) in [5.74, 6) is -3.72. The predicted octanol–water partition coefficient (Wildman–Crippen LogP) is 0.297. The van der Waals surface area contributed by atoms with Crippen LogP contribution < -0.4 is 22.1 Å². The molecule has 4 atom stereocenters. The summed E-state index contributed by atoms with van der Waals surface area (Å²) in [4.78, 5) is 67.9. The molecular formula is C30H36N6O7. The van der Waals surface area contributed by atoms with Gasteiger partial charge < -0.3 is 42.2 Å². The normalized spacial score (nSPS) is 16.8. The molecule has 4 amide bonds. The van der Waals surface area contributed by atoms with E-state index in [1.807, 2.05) is 24.3 Å². The lowest BCUT2D eigenvalue weighted by molar-refractivity contribution is -0.143. The van der Waals surface area contributed by atoms with Gasteiger partial charge in [-0.05, 0) is 55.0 Å². The topological polar surface area (TPSA) is 221 Å². The summed E-state index contributed by atoms with van der Waals surface area (Å²) in [7, 11) is 0. The van der Waals surface area contributed by atoms with Crippen LogP contribution in [0, 0.1) is 0 Å². The van der Waals surface area contributed by atoms with Gasteiger partial charge in [0.2, 0.25) is 23.6 Å². The number of phenolic OH excluding ortho intramolecular Hbond substituents is 1. The van der Waals surface area contributed by atoms with E-state index in [0.717, 1.165) is 16.5 Å². The van der Waals surface area contributed by atoms with Gasteiger partial charge >= 0.3 is 5.97 Å². The van der Waals surface area contributed by atoms with Crippen LogP contribution in [0.5, 0.6) is 5.75 Å². The van der Waals surface area contributed by atoms with Crippen molar-refractivity contribution in [2.75, 3.05) is 6.54 Å². The highest BCUT2D eigenvalue weighted by Gasteiger charge is 2.38. The summed E-state index contributed by atoms with van der Waals surface area (Å²) in [6, 6.07) is 9.21. The predicted molar refractivity (Wildman–Crippen MR) is 156 cm³/mol. The zero-order valence-corrected chi connectivity index (χ0v) is 23.5. The molecule has 228 valence electrons. The molecule has 1 saturated heterocycles. The fourth-order valence-corrected chi connectivity index (χ4v) is 5.31. The van der Waals surface area contributed by atoms with Crippen LogP contribution in [0.2, 0.25) is 0 Å². The van der Waals surface area contributed by atoms with Crippen LogP contribution in [0.1, 0.15) is 36.8 Å². The van der Waals surface area contributed by atoms with Crippen molar-refractivity contribution >= 4 is 40.5 Å². The number of carboxylic acid groups (broad SMARTS) is 1. The number of aromatic nitrogens is 1. The highest BCUT2D eigenvalue weighted by Crippen LogP contribution is 2.21. The number of H-pyrrole nitrogens is 1. The molecule has 3 aromatic rings. The number of hydrogen-bond acceptors (Lipinski definition) is 7. The number of phenols is 1. The summed E-state index contributed by atoms with van der Waals surface area (Å²) in [5, 5.41) is 25.3. The van der Waals surface area contributed by atoms with Crippen LogP contribution in [0.15, 0.2) is 54.7 Å². The Morgan fingerprint density at radius 1 is 1.00 bits per heavy atom. The van der Waals surface area contributed by atoms with E-state index in [0.29, 0.717) is 24.9 Å². The van der Waals surface area contributed by atoms with E-state index in [4.69, 9.17) is 11.5 Å². The van der Waals surface area contributed by atoms with Gasteiger partial charge in [0.05, 0.1) is 6.04 Å². The number of amides is 4. The zero-order valence-electron chi connectivity index (χ0n) is 23.5. The third kappa shape index (κ3) is 7.89. The monoisotopic (exact) mass is 592 g/mol. The number of aliphatic carboxylic acids is 1. The molecule has 1 aliphatic rings. The van der Waals surface area contributed by atoms with E-state index in [2.05, 4.69) is 15.6 Å². The van der Waals surface area contributed by atoms with E-state index < -0.39 is 53.8 Å². The molecule has 13 nitrogen and oxygen atoms in total. The third-order valence-corrected chi connectivity index (χ3v) is 7.57. The Bertz CT molecular complexity index is 1490. The molecule has 2 aromatic carbocycles. The minimum atomic E-state index is -1.32. The molecule has 0 spiro atoms. The number of fused-ring (bicyclic) bond motifs is 1. The van der Waals surface area contributed by atoms with Crippen LogP contribution in [0.4, 0.5) is 0 Å². The Morgan fingerprint density at radius 2 is 1.72 bits per heavy atom. The summed E-state index contributed by atoms with van der Waals surface area (Å²) in [6.45, 7) is 0.296. The van der Waals surface area contributed by atoms with Crippen molar-refractivity contribution in [2.45, 2.75) is 62.7 Å². The van der Waals surface area contributed by atoms with Crippen molar-refractivity contribution in [3.63, 3.8) is 0 Å². The number of hydrogen-bond donors (Lipinski definition) is 7. The number of primary amides is 1. The Labute approximate surface area is 247 Å². The lowest BCUT2D eigenvalue weighted by atomic mass is 10.0. The number of carbonyl (C=O) groups is 5. The molecule has 0 saturated carbocycles. The Morgan fingerprint density at radius 3 is 2.42 bits per heavy atom. The maximum absolute atomic E-state index is 13.4. The number of nitrogens with one attached hydrogen (secondary N) is 3. The van der Waals surface area contributed by atoms with Gasteiger partial charge in [-0.15, -0.1) is 0 Å². The van der Waals surface area contributed by atoms with Crippen molar-refractivity contribution in [2.24, 2.45) is 11.5 Å². The number of benzene rings is 2. The summed E-state index contributed by atoms with van der Waals surface area (Å²) < 4.78 is 0. The zero-order chi connectivity index (χ0) is 31.1. The maximum atomic E-state index is 13.4. The number of nitrogens with zero attached hydrogens (tertiary/aromatic N) is 1. The molecule has 13 heteroatoms. The average Bonchev–Trinajstić information content (AvgIpc) is 3.63. The van der Waals surface area contributed by atoms with Crippen molar-refractivity contribution < 1.29 is 34.2 Å². The molecule has 4 rings (SSSR count). The van der Waals surface area contributed by atoms with Crippen molar-refractivity contribution in [3.05, 3.63) is 65.9 Å². The summed E-state index contributed by atoms with van der Waals surface area (Å²) in [6.07, 6.45) is 2.34. The second kappa shape index (κ2) is 13.8. The molecule has 4 unspecified atom stereocenters. The molecule has 1 aromatic heterocycles. The average molecular weight is 593 g/mol. The van der Waals surface area contributed by atoms with Crippen molar-refractivity contribution in [1.82, 2.24) is 20.5 Å². The quantitative estimate of drug-likeness (QED) is 0.146. The molecule has 9 N–H and O–H groups in total. The van der Waals surface area contributed by atoms with E-state index in [-0.39, 0.29) is 31.4 Å². The van der Waals surface area contributed by atoms with Gasteiger partial charge in [0, 0.05) is 36.5 Å². The Balaban J connectivity index is 1.43. The number of carbonyl (C=O) groups excluding carboxylic acids is 4. The van der Waals surface area contributed by atoms with Gasteiger partial charge in [0.1, 0.15) is 23.9 Å². The third-order valence-electron chi connectivity index (χ3n) is 7.57. The second-order valence-corrected chi connectivity index (χ2v) is 10.7. The van der Waals surface area contributed by atoms with E-state index in [9.17, 15) is 34.2 Å².